The zero-order valence-corrected chi connectivity index (χ0v) is 15.1. The van der Waals surface area contributed by atoms with E-state index in [1.807, 2.05) is 19.1 Å². The van der Waals surface area contributed by atoms with Gasteiger partial charge in [0.05, 0.1) is 29.0 Å². The van der Waals surface area contributed by atoms with Gasteiger partial charge >= 0.3 is 0 Å². The summed E-state index contributed by atoms with van der Waals surface area (Å²) in [6, 6.07) is 3.61. The van der Waals surface area contributed by atoms with Crippen LogP contribution >= 0.6 is 11.3 Å². The molecule has 2 fully saturated rings. The summed E-state index contributed by atoms with van der Waals surface area (Å²) in [5.74, 6) is 0.605. The van der Waals surface area contributed by atoms with E-state index in [4.69, 9.17) is 15.2 Å². The number of anilines is 1. The van der Waals surface area contributed by atoms with Gasteiger partial charge in [-0.25, -0.2) is 4.98 Å². The van der Waals surface area contributed by atoms with Gasteiger partial charge in [0.15, 0.2) is 5.13 Å². The number of nitrogen functional groups attached to an aromatic ring is 1. The standard InChI is InChI=1S/C18H23N3O3S/c1-10-6-12(7-15-16(10)21-18(19)25-15)17(22)20-13-9-23-5-4-14(13)24-8-11-2-3-11/h6-7,11,13-14H,2-5,8-9H2,1H3,(H2,19,21)(H,20,22)/t13-,14+/m1/s1. The second-order valence-corrected chi connectivity index (χ2v) is 8.01. The smallest absolute Gasteiger partial charge is 0.251 e. The van der Waals surface area contributed by atoms with Crippen molar-refractivity contribution < 1.29 is 14.3 Å². The normalized spacial score (nSPS) is 23.7. The van der Waals surface area contributed by atoms with Crippen LogP contribution in [0.3, 0.4) is 0 Å². The molecule has 0 radical (unpaired) electrons. The van der Waals surface area contributed by atoms with Crippen molar-refractivity contribution in [1.82, 2.24) is 10.3 Å². The number of nitrogens with two attached hydrogens (primary N) is 1. The summed E-state index contributed by atoms with van der Waals surface area (Å²) >= 11 is 1.40. The van der Waals surface area contributed by atoms with Crippen LogP contribution in [0.25, 0.3) is 10.2 Å². The first-order valence-corrected chi connectivity index (χ1v) is 9.58. The Bertz CT molecular complexity index is 787. The predicted molar refractivity (Wildman–Crippen MR) is 97.9 cm³/mol. The van der Waals surface area contributed by atoms with Crippen molar-refractivity contribution >= 4 is 32.6 Å². The summed E-state index contributed by atoms with van der Waals surface area (Å²) in [7, 11) is 0. The van der Waals surface area contributed by atoms with Crippen molar-refractivity contribution in [3.05, 3.63) is 23.3 Å². The largest absolute Gasteiger partial charge is 0.379 e. The molecule has 2 heterocycles. The van der Waals surface area contributed by atoms with Crippen molar-refractivity contribution in [3.63, 3.8) is 0 Å². The summed E-state index contributed by atoms with van der Waals surface area (Å²) in [5.41, 5.74) is 8.24. The van der Waals surface area contributed by atoms with E-state index in [0.717, 1.165) is 28.8 Å². The molecule has 1 aliphatic heterocycles. The van der Waals surface area contributed by atoms with Crippen LogP contribution in [-0.2, 0) is 9.47 Å². The number of amides is 1. The number of nitrogens with one attached hydrogen (secondary N) is 1. The average molecular weight is 361 g/mol. The van der Waals surface area contributed by atoms with Crippen molar-refractivity contribution in [1.29, 1.82) is 0 Å². The summed E-state index contributed by atoms with van der Waals surface area (Å²) in [6.45, 7) is 3.93. The quantitative estimate of drug-likeness (QED) is 0.854. The van der Waals surface area contributed by atoms with Gasteiger partial charge in [-0.05, 0) is 49.8 Å². The molecule has 0 spiro atoms. The van der Waals surface area contributed by atoms with Gasteiger partial charge in [-0.1, -0.05) is 11.3 Å². The van der Waals surface area contributed by atoms with Crippen LogP contribution in [-0.4, -0.2) is 42.9 Å². The molecule has 1 aromatic carbocycles. The molecule has 6 nitrogen and oxygen atoms in total. The molecule has 7 heteroatoms. The second kappa shape index (κ2) is 6.90. The third-order valence-corrected chi connectivity index (χ3v) is 5.65. The summed E-state index contributed by atoms with van der Waals surface area (Å²) in [4.78, 5) is 17.1. The molecule has 25 heavy (non-hydrogen) atoms. The minimum atomic E-state index is -0.109. The Morgan fingerprint density at radius 1 is 1.44 bits per heavy atom. The van der Waals surface area contributed by atoms with Gasteiger partial charge in [-0.3, -0.25) is 4.79 Å². The Labute approximate surface area is 150 Å². The first kappa shape index (κ1) is 16.8. The molecule has 2 aromatic rings. The summed E-state index contributed by atoms with van der Waals surface area (Å²) < 4.78 is 12.5. The van der Waals surface area contributed by atoms with E-state index in [0.29, 0.717) is 29.8 Å². The fourth-order valence-electron chi connectivity index (χ4n) is 3.19. The Balaban J connectivity index is 1.47. The molecular formula is C18H23N3O3S. The molecule has 2 atom stereocenters. The molecule has 1 amide bonds. The number of carbonyl (C=O) groups excluding carboxylic acids is 1. The van der Waals surface area contributed by atoms with E-state index in [1.54, 1.807) is 0 Å². The van der Waals surface area contributed by atoms with Gasteiger partial charge < -0.3 is 20.5 Å². The van der Waals surface area contributed by atoms with Gasteiger partial charge in [0.25, 0.3) is 5.91 Å². The highest BCUT2D eigenvalue weighted by molar-refractivity contribution is 7.22. The maximum absolute atomic E-state index is 12.7. The highest BCUT2D eigenvalue weighted by Gasteiger charge is 2.31. The minimum Gasteiger partial charge on any atom is -0.379 e. The van der Waals surface area contributed by atoms with Crippen LogP contribution in [0.5, 0.6) is 0 Å². The van der Waals surface area contributed by atoms with Gasteiger partial charge in [0, 0.05) is 18.8 Å². The highest BCUT2D eigenvalue weighted by atomic mass is 32.1. The number of nitrogens with zero attached hydrogens (tertiary/aromatic N) is 1. The number of carbonyl (C=O) groups is 1. The maximum atomic E-state index is 12.7. The topological polar surface area (TPSA) is 86.5 Å². The first-order valence-electron chi connectivity index (χ1n) is 8.77. The Morgan fingerprint density at radius 3 is 3.08 bits per heavy atom. The zero-order chi connectivity index (χ0) is 17.4. The number of aromatic nitrogens is 1. The van der Waals surface area contributed by atoms with Crippen molar-refractivity contribution in [2.45, 2.75) is 38.3 Å². The Hall–Kier alpha value is -1.70. The molecule has 134 valence electrons. The monoisotopic (exact) mass is 361 g/mol. The SMILES string of the molecule is Cc1cc(C(=O)N[C@@H]2COCC[C@@H]2OCC2CC2)cc2sc(N)nc12. The zero-order valence-electron chi connectivity index (χ0n) is 14.3. The van der Waals surface area contributed by atoms with Gasteiger partial charge in [0.1, 0.15) is 0 Å². The number of rotatable bonds is 5. The molecular weight excluding hydrogens is 338 g/mol. The molecule has 1 aromatic heterocycles. The number of benzene rings is 1. The minimum absolute atomic E-state index is 0.0298. The van der Waals surface area contributed by atoms with Crippen LogP contribution in [0.1, 0.15) is 35.2 Å². The van der Waals surface area contributed by atoms with E-state index in [1.165, 1.54) is 24.2 Å². The Morgan fingerprint density at radius 2 is 2.28 bits per heavy atom. The second-order valence-electron chi connectivity index (χ2n) is 6.95. The number of hydrogen-bond donors (Lipinski definition) is 2. The predicted octanol–water partition coefficient (Wildman–Crippen LogP) is 2.50. The third-order valence-electron chi connectivity index (χ3n) is 4.82. The van der Waals surface area contributed by atoms with E-state index >= 15 is 0 Å². The molecule has 4 rings (SSSR count). The highest BCUT2D eigenvalue weighted by Crippen LogP contribution is 2.30. The summed E-state index contributed by atoms with van der Waals surface area (Å²) in [6.07, 6.45) is 3.37. The third kappa shape index (κ3) is 3.78. The number of thiazole rings is 1. The van der Waals surface area contributed by atoms with Crippen molar-refractivity contribution in [2.75, 3.05) is 25.6 Å². The lowest BCUT2D eigenvalue weighted by molar-refractivity contribution is -0.0567. The molecule has 0 unspecified atom stereocenters. The number of aryl methyl sites for hydroxylation is 1. The lowest BCUT2D eigenvalue weighted by Crippen LogP contribution is -2.50. The molecule has 3 N–H and O–H groups in total. The van der Waals surface area contributed by atoms with Gasteiger partial charge in [-0.15, -0.1) is 0 Å². The first-order chi connectivity index (χ1) is 12.1. The van der Waals surface area contributed by atoms with Crippen molar-refractivity contribution in [2.24, 2.45) is 5.92 Å². The van der Waals surface area contributed by atoms with E-state index in [-0.39, 0.29) is 18.1 Å². The molecule has 1 aliphatic carbocycles. The lowest BCUT2D eigenvalue weighted by atomic mass is 10.0. The summed E-state index contributed by atoms with van der Waals surface area (Å²) in [5, 5.41) is 3.61. The van der Waals surface area contributed by atoms with Crippen LogP contribution < -0.4 is 11.1 Å². The van der Waals surface area contributed by atoms with Crippen LogP contribution in [0.2, 0.25) is 0 Å². The maximum Gasteiger partial charge on any atom is 0.251 e. The average Bonchev–Trinajstić information content (AvgIpc) is 3.34. The van der Waals surface area contributed by atoms with Crippen LogP contribution in [0, 0.1) is 12.8 Å². The number of hydrogen-bond acceptors (Lipinski definition) is 6. The van der Waals surface area contributed by atoms with E-state index in [2.05, 4.69) is 10.3 Å². The molecule has 1 saturated heterocycles. The van der Waals surface area contributed by atoms with E-state index < -0.39 is 0 Å². The lowest BCUT2D eigenvalue weighted by Gasteiger charge is -2.32. The fourth-order valence-corrected chi connectivity index (χ4v) is 4.04. The number of fused-ring (bicyclic) bond motifs is 1. The number of ether oxygens (including phenoxy) is 2. The van der Waals surface area contributed by atoms with Crippen molar-refractivity contribution in [3.8, 4) is 0 Å². The van der Waals surface area contributed by atoms with Gasteiger partial charge in [0.2, 0.25) is 0 Å². The molecule has 2 aliphatic rings. The van der Waals surface area contributed by atoms with Crippen LogP contribution in [0.15, 0.2) is 12.1 Å². The van der Waals surface area contributed by atoms with Gasteiger partial charge in [-0.2, -0.15) is 0 Å². The Kier molecular flexibility index (Phi) is 4.62. The van der Waals surface area contributed by atoms with E-state index in [9.17, 15) is 4.79 Å². The fraction of sp³-hybridized carbons (Fsp3) is 0.556. The molecule has 1 saturated carbocycles. The van der Waals surface area contributed by atoms with Crippen LogP contribution in [0.4, 0.5) is 5.13 Å². The molecule has 0 bridgehead atoms.